The number of hydrogen-bond donors (Lipinski definition) is 1. The second kappa shape index (κ2) is 13.3. The molecule has 0 radical (unpaired) electrons. The van der Waals surface area contributed by atoms with E-state index in [4.69, 9.17) is 0 Å². The van der Waals surface area contributed by atoms with Crippen LogP contribution in [0, 0.1) is 6.92 Å². The monoisotopic (exact) mass is 500 g/mol. The summed E-state index contributed by atoms with van der Waals surface area (Å²) in [7, 11) is 1.73. The molecule has 2 rings (SSSR count). The molecule has 35 heavy (non-hydrogen) atoms. The fourth-order valence-corrected chi connectivity index (χ4v) is 4.89. The van der Waals surface area contributed by atoms with E-state index in [1.165, 1.54) is 17.3 Å². The summed E-state index contributed by atoms with van der Waals surface area (Å²) < 4.78 is 1.57. The van der Waals surface area contributed by atoms with Crippen LogP contribution < -0.4 is 10.9 Å². The van der Waals surface area contributed by atoms with Crippen molar-refractivity contribution < 1.29 is 4.79 Å². The van der Waals surface area contributed by atoms with Crippen LogP contribution in [-0.4, -0.2) is 51.8 Å². The zero-order valence-electron chi connectivity index (χ0n) is 22.9. The molecule has 0 aliphatic carbocycles. The highest BCUT2D eigenvalue weighted by molar-refractivity contribution is 7.99. The normalized spacial score (nSPS) is 12.7. The number of carbonyl (C=O) groups is 1. The molecule has 1 heterocycles. The standard InChI is InChI=1S/C28H44N4O2S/c1-9-32(10-2)17-11-12-20(3)29-25(33)19-35-27-30-21(4)24(26(34)31(27)8)18-22-13-15-23(16-14-22)28(5,6)7/h13-16,20H,9-12,17-19H2,1-8H3,(H,29,33). The predicted octanol–water partition coefficient (Wildman–Crippen LogP) is 4.70. The third-order valence-corrected chi connectivity index (χ3v) is 7.53. The maximum Gasteiger partial charge on any atom is 0.257 e. The van der Waals surface area contributed by atoms with Crippen LogP contribution in [0.1, 0.15) is 76.8 Å². The molecular formula is C28H44N4O2S. The van der Waals surface area contributed by atoms with E-state index in [0.29, 0.717) is 17.1 Å². The molecular weight excluding hydrogens is 456 g/mol. The Bertz CT molecular complexity index is 1020. The Balaban J connectivity index is 1.96. The number of benzene rings is 1. The Morgan fingerprint density at radius 1 is 1.17 bits per heavy atom. The van der Waals surface area contributed by atoms with Crippen LogP contribution in [-0.2, 0) is 23.7 Å². The topological polar surface area (TPSA) is 67.2 Å². The van der Waals surface area contributed by atoms with Crippen molar-refractivity contribution in [1.82, 2.24) is 19.8 Å². The van der Waals surface area contributed by atoms with E-state index in [-0.39, 0.29) is 28.7 Å². The summed E-state index contributed by atoms with van der Waals surface area (Å²) in [6, 6.07) is 8.58. The number of carbonyl (C=O) groups excluding carboxylic acids is 1. The molecule has 1 atom stereocenters. The molecule has 0 bridgehead atoms. The summed E-state index contributed by atoms with van der Waals surface area (Å²) >= 11 is 1.31. The molecule has 6 nitrogen and oxygen atoms in total. The smallest absolute Gasteiger partial charge is 0.257 e. The van der Waals surface area contributed by atoms with Crippen LogP contribution in [0.5, 0.6) is 0 Å². The van der Waals surface area contributed by atoms with Crippen molar-refractivity contribution in [1.29, 1.82) is 0 Å². The molecule has 1 unspecified atom stereocenters. The maximum absolute atomic E-state index is 13.1. The van der Waals surface area contributed by atoms with Gasteiger partial charge in [-0.25, -0.2) is 4.98 Å². The van der Waals surface area contributed by atoms with E-state index < -0.39 is 0 Å². The summed E-state index contributed by atoms with van der Waals surface area (Å²) in [5.74, 6) is 0.216. The molecule has 1 aromatic heterocycles. The second-order valence-corrected chi connectivity index (χ2v) is 11.3. The van der Waals surface area contributed by atoms with Gasteiger partial charge in [0.25, 0.3) is 5.56 Å². The summed E-state index contributed by atoms with van der Waals surface area (Å²) in [5, 5.41) is 3.65. The Hall–Kier alpha value is -2.12. The second-order valence-electron chi connectivity index (χ2n) is 10.4. The lowest BCUT2D eigenvalue weighted by Crippen LogP contribution is -2.35. The van der Waals surface area contributed by atoms with Gasteiger partial charge in [-0.1, -0.05) is 70.6 Å². The van der Waals surface area contributed by atoms with E-state index >= 15 is 0 Å². The maximum atomic E-state index is 13.1. The fraction of sp³-hybridized carbons (Fsp3) is 0.607. The van der Waals surface area contributed by atoms with E-state index in [1.54, 1.807) is 11.6 Å². The molecule has 1 aromatic carbocycles. The van der Waals surface area contributed by atoms with Crippen molar-refractivity contribution in [2.24, 2.45) is 7.05 Å². The van der Waals surface area contributed by atoms with Crippen LogP contribution in [0.15, 0.2) is 34.2 Å². The molecule has 2 aromatic rings. The lowest BCUT2D eigenvalue weighted by atomic mass is 9.86. The SMILES string of the molecule is CCN(CC)CCCC(C)NC(=O)CSc1nc(C)c(Cc2ccc(C(C)(C)C)cc2)c(=O)n1C. The molecule has 0 aliphatic heterocycles. The van der Waals surface area contributed by atoms with Gasteiger partial charge in [0.05, 0.1) is 5.75 Å². The summed E-state index contributed by atoms with van der Waals surface area (Å²) in [6.45, 7) is 18.0. The lowest BCUT2D eigenvalue weighted by Gasteiger charge is -2.20. The van der Waals surface area contributed by atoms with Gasteiger partial charge in [0.2, 0.25) is 5.91 Å². The van der Waals surface area contributed by atoms with Gasteiger partial charge < -0.3 is 10.2 Å². The summed E-state index contributed by atoms with van der Waals surface area (Å²) in [4.78, 5) is 32.6. The summed E-state index contributed by atoms with van der Waals surface area (Å²) in [6.07, 6.45) is 2.56. The molecule has 1 amide bonds. The largest absolute Gasteiger partial charge is 0.353 e. The van der Waals surface area contributed by atoms with Crippen LogP contribution in [0.4, 0.5) is 0 Å². The van der Waals surface area contributed by atoms with Crippen molar-refractivity contribution in [2.75, 3.05) is 25.4 Å². The molecule has 0 aliphatic rings. The minimum absolute atomic E-state index is 0.0275. The Morgan fingerprint density at radius 3 is 2.37 bits per heavy atom. The minimum atomic E-state index is -0.0509. The van der Waals surface area contributed by atoms with Gasteiger partial charge in [-0.3, -0.25) is 14.2 Å². The molecule has 0 saturated carbocycles. The third kappa shape index (κ3) is 8.80. The van der Waals surface area contributed by atoms with Crippen LogP contribution >= 0.6 is 11.8 Å². The number of aryl methyl sites for hydroxylation is 1. The Labute approximate surface area is 215 Å². The third-order valence-electron chi connectivity index (χ3n) is 6.50. The molecule has 1 N–H and O–H groups in total. The van der Waals surface area contributed by atoms with Crippen molar-refractivity contribution in [3.05, 3.63) is 57.0 Å². The molecule has 0 spiro atoms. The minimum Gasteiger partial charge on any atom is -0.353 e. The first kappa shape index (κ1) is 29.1. The van der Waals surface area contributed by atoms with Crippen molar-refractivity contribution in [3.63, 3.8) is 0 Å². The number of hydrogen-bond acceptors (Lipinski definition) is 5. The van der Waals surface area contributed by atoms with Crippen molar-refractivity contribution in [2.45, 2.75) is 84.3 Å². The van der Waals surface area contributed by atoms with Crippen LogP contribution in [0.2, 0.25) is 0 Å². The van der Waals surface area contributed by atoms with Gasteiger partial charge in [-0.15, -0.1) is 0 Å². The van der Waals surface area contributed by atoms with Gasteiger partial charge in [-0.05, 0) is 62.9 Å². The molecule has 0 fully saturated rings. The number of nitrogens with zero attached hydrogens (tertiary/aromatic N) is 3. The molecule has 194 valence electrons. The number of rotatable bonds is 12. The van der Waals surface area contributed by atoms with Crippen molar-refractivity contribution in [3.8, 4) is 0 Å². The first-order valence-corrected chi connectivity index (χ1v) is 13.7. The number of thioether (sulfide) groups is 1. The van der Waals surface area contributed by atoms with Crippen LogP contribution in [0.25, 0.3) is 0 Å². The zero-order valence-corrected chi connectivity index (χ0v) is 23.7. The van der Waals surface area contributed by atoms with E-state index in [0.717, 1.165) is 43.7 Å². The Kier molecular flexibility index (Phi) is 11.0. The first-order chi connectivity index (χ1) is 16.5. The Morgan fingerprint density at radius 2 is 1.80 bits per heavy atom. The predicted molar refractivity (Wildman–Crippen MR) is 148 cm³/mol. The van der Waals surface area contributed by atoms with Gasteiger partial charge in [0.1, 0.15) is 0 Å². The highest BCUT2D eigenvalue weighted by atomic mass is 32.2. The zero-order chi connectivity index (χ0) is 26.2. The van der Waals surface area contributed by atoms with Crippen LogP contribution in [0.3, 0.4) is 0 Å². The quantitative estimate of drug-likeness (QED) is 0.338. The molecule has 7 heteroatoms. The number of nitrogens with one attached hydrogen (secondary N) is 1. The van der Waals surface area contributed by atoms with E-state index in [1.807, 2.05) is 13.8 Å². The van der Waals surface area contributed by atoms with Gasteiger partial charge in [0, 0.05) is 30.8 Å². The fourth-order valence-electron chi connectivity index (χ4n) is 4.07. The van der Waals surface area contributed by atoms with Gasteiger partial charge in [0.15, 0.2) is 5.16 Å². The number of amides is 1. The lowest BCUT2D eigenvalue weighted by molar-refractivity contribution is -0.119. The van der Waals surface area contributed by atoms with Crippen molar-refractivity contribution >= 4 is 17.7 Å². The highest BCUT2D eigenvalue weighted by Gasteiger charge is 2.17. The molecule has 0 saturated heterocycles. The van der Waals surface area contributed by atoms with Gasteiger partial charge in [-0.2, -0.15) is 0 Å². The average Bonchev–Trinajstić information content (AvgIpc) is 2.80. The van der Waals surface area contributed by atoms with E-state index in [9.17, 15) is 9.59 Å². The first-order valence-electron chi connectivity index (χ1n) is 12.8. The van der Waals surface area contributed by atoms with Gasteiger partial charge >= 0.3 is 0 Å². The van der Waals surface area contributed by atoms with E-state index in [2.05, 4.69) is 74.1 Å². The highest BCUT2D eigenvalue weighted by Crippen LogP contribution is 2.23. The summed E-state index contributed by atoms with van der Waals surface area (Å²) in [5.41, 5.74) is 3.83. The number of aromatic nitrogens is 2. The average molecular weight is 501 g/mol.